The molecule has 0 saturated heterocycles. The zero-order valence-corrected chi connectivity index (χ0v) is 16.0. The van der Waals surface area contributed by atoms with Gasteiger partial charge in [0.2, 0.25) is 5.01 Å². The summed E-state index contributed by atoms with van der Waals surface area (Å²) in [4.78, 5) is 14.9. The number of fused-ring (bicyclic) bond motifs is 1. The van der Waals surface area contributed by atoms with E-state index < -0.39 is 0 Å². The molecule has 0 spiro atoms. The van der Waals surface area contributed by atoms with Gasteiger partial charge in [-0.1, -0.05) is 42.5 Å². The van der Waals surface area contributed by atoms with Crippen molar-refractivity contribution in [1.82, 2.24) is 24.9 Å². The fourth-order valence-electron chi connectivity index (χ4n) is 3.50. The van der Waals surface area contributed by atoms with E-state index in [1.54, 1.807) is 0 Å². The molecule has 134 valence electrons. The average molecular weight is 367 g/mol. The quantitative estimate of drug-likeness (QED) is 0.714. The van der Waals surface area contributed by atoms with Crippen LogP contribution in [0.3, 0.4) is 0 Å². The van der Waals surface area contributed by atoms with Crippen molar-refractivity contribution < 1.29 is 4.79 Å². The summed E-state index contributed by atoms with van der Waals surface area (Å²) in [5.41, 5.74) is 4.76. The fraction of sp³-hybridized carbons (Fsp3) is 0.368. The third-order valence-corrected chi connectivity index (χ3v) is 6.14. The van der Waals surface area contributed by atoms with Crippen LogP contribution in [0.2, 0.25) is 0 Å². The van der Waals surface area contributed by atoms with Crippen LogP contribution >= 0.6 is 11.3 Å². The summed E-state index contributed by atoms with van der Waals surface area (Å²) in [7, 11) is 1.95. The highest BCUT2D eigenvalue weighted by molar-refractivity contribution is 7.13. The standard InChI is InChI=1S/C19H21N5OS/c1-4-17-21-22-18(26-17)19(25)24-10-13-7-5-6-8-14(13)16(11-24)15-9-20-23(3)12(15)2/h5-9,16H,4,10-11H2,1-3H3. The minimum Gasteiger partial charge on any atom is -0.331 e. The molecule has 0 saturated carbocycles. The van der Waals surface area contributed by atoms with Crippen LogP contribution in [0.4, 0.5) is 0 Å². The summed E-state index contributed by atoms with van der Waals surface area (Å²) < 4.78 is 1.89. The summed E-state index contributed by atoms with van der Waals surface area (Å²) in [6.45, 7) is 5.33. The van der Waals surface area contributed by atoms with Crippen molar-refractivity contribution in [2.24, 2.45) is 7.05 Å². The highest BCUT2D eigenvalue weighted by atomic mass is 32.1. The molecule has 26 heavy (non-hydrogen) atoms. The Morgan fingerprint density at radius 2 is 2.08 bits per heavy atom. The van der Waals surface area contributed by atoms with Crippen LogP contribution in [0.15, 0.2) is 30.5 Å². The van der Waals surface area contributed by atoms with Gasteiger partial charge < -0.3 is 4.90 Å². The molecular weight excluding hydrogens is 346 g/mol. The molecule has 0 radical (unpaired) electrons. The number of benzene rings is 1. The Morgan fingerprint density at radius 1 is 1.27 bits per heavy atom. The molecule has 0 aliphatic carbocycles. The largest absolute Gasteiger partial charge is 0.331 e. The first-order valence-corrected chi connectivity index (χ1v) is 9.58. The third kappa shape index (κ3) is 2.82. The van der Waals surface area contributed by atoms with Gasteiger partial charge in [0.1, 0.15) is 5.01 Å². The summed E-state index contributed by atoms with van der Waals surface area (Å²) in [6, 6.07) is 8.35. The van der Waals surface area contributed by atoms with Gasteiger partial charge in [-0.3, -0.25) is 9.48 Å². The maximum atomic E-state index is 13.0. The molecule has 7 heteroatoms. The smallest absolute Gasteiger partial charge is 0.285 e. The number of aromatic nitrogens is 4. The van der Waals surface area contributed by atoms with Gasteiger partial charge in [0.25, 0.3) is 5.91 Å². The molecule has 3 heterocycles. The molecule has 2 aromatic heterocycles. The number of carbonyl (C=O) groups is 1. The lowest BCUT2D eigenvalue weighted by Gasteiger charge is -2.34. The molecule has 0 bridgehead atoms. The number of rotatable bonds is 3. The minimum atomic E-state index is -0.0387. The number of nitrogens with zero attached hydrogens (tertiary/aromatic N) is 5. The summed E-state index contributed by atoms with van der Waals surface area (Å²) in [5, 5.41) is 14.0. The second-order valence-corrected chi connectivity index (χ2v) is 7.66. The Morgan fingerprint density at radius 3 is 2.77 bits per heavy atom. The van der Waals surface area contributed by atoms with Crippen molar-refractivity contribution in [3.8, 4) is 0 Å². The first-order valence-electron chi connectivity index (χ1n) is 8.76. The van der Waals surface area contributed by atoms with Gasteiger partial charge in [-0.15, -0.1) is 10.2 Å². The lowest BCUT2D eigenvalue weighted by atomic mass is 9.85. The first kappa shape index (κ1) is 16.9. The zero-order chi connectivity index (χ0) is 18.3. The van der Waals surface area contributed by atoms with Crippen molar-refractivity contribution in [2.45, 2.75) is 32.7 Å². The maximum absolute atomic E-state index is 13.0. The van der Waals surface area contributed by atoms with Crippen molar-refractivity contribution >= 4 is 17.2 Å². The van der Waals surface area contributed by atoms with Crippen LogP contribution in [0.1, 0.15) is 50.0 Å². The van der Waals surface area contributed by atoms with E-state index >= 15 is 0 Å². The van der Waals surface area contributed by atoms with Gasteiger partial charge >= 0.3 is 0 Å². The van der Waals surface area contributed by atoms with E-state index in [4.69, 9.17) is 0 Å². The van der Waals surface area contributed by atoms with Gasteiger partial charge in [0.15, 0.2) is 0 Å². The molecule has 1 aliphatic rings. The molecule has 4 rings (SSSR count). The predicted octanol–water partition coefficient (Wildman–Crippen LogP) is 2.93. The Kier molecular flexibility index (Phi) is 4.32. The molecule has 1 aromatic carbocycles. The molecule has 0 N–H and O–H groups in total. The van der Waals surface area contributed by atoms with Crippen LogP contribution in [0.5, 0.6) is 0 Å². The van der Waals surface area contributed by atoms with Gasteiger partial charge in [-0.25, -0.2) is 0 Å². The Balaban J connectivity index is 1.71. The average Bonchev–Trinajstić information content (AvgIpc) is 3.28. The molecule has 1 atom stereocenters. The predicted molar refractivity (Wildman–Crippen MR) is 100 cm³/mol. The first-order chi connectivity index (χ1) is 12.6. The molecule has 1 unspecified atom stereocenters. The zero-order valence-electron chi connectivity index (χ0n) is 15.1. The van der Waals surface area contributed by atoms with Gasteiger partial charge in [0.05, 0.1) is 6.20 Å². The van der Waals surface area contributed by atoms with Crippen LogP contribution in [-0.4, -0.2) is 37.3 Å². The van der Waals surface area contributed by atoms with E-state index in [0.717, 1.165) is 17.1 Å². The lowest BCUT2D eigenvalue weighted by Crippen LogP contribution is -2.38. The summed E-state index contributed by atoms with van der Waals surface area (Å²) in [6.07, 6.45) is 2.72. The van der Waals surface area contributed by atoms with Crippen LogP contribution in [-0.2, 0) is 20.0 Å². The lowest BCUT2D eigenvalue weighted by molar-refractivity contribution is 0.0723. The Hall–Kier alpha value is -2.54. The van der Waals surface area contributed by atoms with Gasteiger partial charge in [-0.05, 0) is 24.5 Å². The second-order valence-electron chi connectivity index (χ2n) is 6.60. The Bertz CT molecular complexity index is 961. The maximum Gasteiger partial charge on any atom is 0.285 e. The summed E-state index contributed by atoms with van der Waals surface area (Å²) >= 11 is 1.39. The van der Waals surface area contributed by atoms with E-state index in [1.807, 2.05) is 35.8 Å². The minimum absolute atomic E-state index is 0.0387. The van der Waals surface area contributed by atoms with Crippen LogP contribution < -0.4 is 0 Å². The van der Waals surface area contributed by atoms with Crippen molar-refractivity contribution in [3.05, 3.63) is 62.9 Å². The normalized spacial score (nSPS) is 16.6. The molecule has 1 aliphatic heterocycles. The number of hydrogen-bond acceptors (Lipinski definition) is 5. The van der Waals surface area contributed by atoms with E-state index in [2.05, 4.69) is 40.4 Å². The molecular formula is C19H21N5OS. The van der Waals surface area contributed by atoms with Crippen molar-refractivity contribution in [2.75, 3.05) is 6.54 Å². The topological polar surface area (TPSA) is 63.9 Å². The van der Waals surface area contributed by atoms with E-state index in [0.29, 0.717) is 18.1 Å². The van der Waals surface area contributed by atoms with E-state index in [1.165, 1.54) is 28.0 Å². The van der Waals surface area contributed by atoms with Gasteiger partial charge in [-0.2, -0.15) is 5.10 Å². The SMILES string of the molecule is CCc1nnc(C(=O)N2Cc3ccccc3C(c3cnn(C)c3C)C2)s1. The molecule has 3 aromatic rings. The number of hydrogen-bond donors (Lipinski definition) is 0. The number of carbonyl (C=O) groups excluding carboxylic acids is 1. The highest BCUT2D eigenvalue weighted by Gasteiger charge is 2.32. The number of aryl methyl sites for hydroxylation is 2. The van der Waals surface area contributed by atoms with Gasteiger partial charge in [0, 0.05) is 37.3 Å². The molecule has 6 nitrogen and oxygen atoms in total. The monoisotopic (exact) mass is 367 g/mol. The van der Waals surface area contributed by atoms with E-state index in [9.17, 15) is 4.79 Å². The highest BCUT2D eigenvalue weighted by Crippen LogP contribution is 2.35. The summed E-state index contributed by atoms with van der Waals surface area (Å²) in [5.74, 6) is 0.0828. The van der Waals surface area contributed by atoms with Crippen molar-refractivity contribution in [3.63, 3.8) is 0 Å². The fourth-order valence-corrected chi connectivity index (χ4v) is 4.25. The van der Waals surface area contributed by atoms with Crippen molar-refractivity contribution in [1.29, 1.82) is 0 Å². The third-order valence-electron chi connectivity index (χ3n) is 5.08. The Labute approximate surface area is 156 Å². The van der Waals surface area contributed by atoms with Crippen LogP contribution in [0, 0.1) is 6.92 Å². The van der Waals surface area contributed by atoms with E-state index in [-0.39, 0.29) is 11.8 Å². The molecule has 1 amide bonds. The second kappa shape index (κ2) is 6.64. The number of amides is 1. The van der Waals surface area contributed by atoms with Crippen LogP contribution in [0.25, 0.3) is 0 Å². The molecule has 0 fully saturated rings.